The molecule has 1 unspecified atom stereocenters. The van der Waals surface area contributed by atoms with Gasteiger partial charge in [-0.1, -0.05) is 11.8 Å². The lowest BCUT2D eigenvalue weighted by molar-refractivity contribution is -0.117. The van der Waals surface area contributed by atoms with Crippen molar-refractivity contribution in [2.75, 3.05) is 17.2 Å². The fourth-order valence-electron chi connectivity index (χ4n) is 2.04. The van der Waals surface area contributed by atoms with Gasteiger partial charge in [0, 0.05) is 38.4 Å². The van der Waals surface area contributed by atoms with E-state index in [4.69, 9.17) is 0 Å². The van der Waals surface area contributed by atoms with Gasteiger partial charge in [-0.15, -0.1) is 0 Å². The monoisotopic (exact) mass is 267 g/mol. The lowest BCUT2D eigenvalue weighted by Crippen LogP contribution is -2.24. The third-order valence-electron chi connectivity index (χ3n) is 2.98. The molecule has 1 aromatic rings. The molecule has 2 heterocycles. The molecule has 1 aliphatic heterocycles. The van der Waals surface area contributed by atoms with Gasteiger partial charge in [-0.25, -0.2) is 0 Å². The Labute approximate surface area is 111 Å². The average molecular weight is 267 g/mol. The maximum atomic E-state index is 11.9. The van der Waals surface area contributed by atoms with Crippen LogP contribution >= 0.6 is 11.8 Å². The zero-order chi connectivity index (χ0) is 13.1. The van der Waals surface area contributed by atoms with Crippen LogP contribution in [0.5, 0.6) is 0 Å². The SMILES string of the molecule is CCn1cc(N2CC(CSC(C)=O)CC2=O)cn1. The quantitative estimate of drug-likeness (QED) is 0.830. The van der Waals surface area contributed by atoms with Crippen molar-refractivity contribution in [3.8, 4) is 0 Å². The van der Waals surface area contributed by atoms with Gasteiger partial charge in [0.25, 0.3) is 0 Å². The number of hydrogen-bond donors (Lipinski definition) is 0. The minimum atomic E-state index is 0.111. The molecule has 6 heteroatoms. The van der Waals surface area contributed by atoms with E-state index in [9.17, 15) is 9.59 Å². The maximum Gasteiger partial charge on any atom is 0.227 e. The minimum absolute atomic E-state index is 0.111. The topological polar surface area (TPSA) is 55.2 Å². The largest absolute Gasteiger partial charge is 0.309 e. The predicted molar refractivity (Wildman–Crippen MR) is 71.5 cm³/mol. The van der Waals surface area contributed by atoms with E-state index < -0.39 is 0 Å². The predicted octanol–water partition coefficient (Wildman–Crippen LogP) is 1.54. The summed E-state index contributed by atoms with van der Waals surface area (Å²) in [7, 11) is 0. The molecule has 0 radical (unpaired) electrons. The van der Waals surface area contributed by atoms with Crippen molar-refractivity contribution in [3.05, 3.63) is 12.4 Å². The first kappa shape index (κ1) is 13.1. The average Bonchev–Trinajstić information content (AvgIpc) is 2.92. The Hall–Kier alpha value is -1.30. The number of hydrogen-bond acceptors (Lipinski definition) is 4. The molecular formula is C12H17N3O2S. The fourth-order valence-corrected chi connectivity index (χ4v) is 2.74. The Morgan fingerprint density at radius 1 is 1.61 bits per heavy atom. The van der Waals surface area contributed by atoms with Gasteiger partial charge >= 0.3 is 0 Å². The molecule has 1 aliphatic rings. The van der Waals surface area contributed by atoms with Gasteiger partial charge in [0.05, 0.1) is 11.9 Å². The van der Waals surface area contributed by atoms with E-state index >= 15 is 0 Å². The molecule has 18 heavy (non-hydrogen) atoms. The summed E-state index contributed by atoms with van der Waals surface area (Å²) >= 11 is 1.30. The molecule has 0 bridgehead atoms. The molecule has 1 aromatic heterocycles. The van der Waals surface area contributed by atoms with Gasteiger partial charge in [0.1, 0.15) is 0 Å². The summed E-state index contributed by atoms with van der Waals surface area (Å²) in [5.41, 5.74) is 0.858. The van der Waals surface area contributed by atoms with Crippen molar-refractivity contribution in [2.24, 2.45) is 5.92 Å². The highest BCUT2D eigenvalue weighted by molar-refractivity contribution is 8.13. The summed E-state index contributed by atoms with van der Waals surface area (Å²) < 4.78 is 1.81. The number of amides is 1. The third-order valence-corrected chi connectivity index (χ3v) is 4.03. The molecule has 1 amide bonds. The smallest absolute Gasteiger partial charge is 0.227 e. The Bertz CT molecular complexity index is 458. The van der Waals surface area contributed by atoms with E-state index in [1.807, 2.05) is 13.1 Å². The molecule has 0 aliphatic carbocycles. The first-order valence-corrected chi connectivity index (χ1v) is 7.05. The van der Waals surface area contributed by atoms with Gasteiger partial charge in [0.15, 0.2) is 5.12 Å². The second-order valence-electron chi connectivity index (χ2n) is 4.43. The summed E-state index contributed by atoms with van der Waals surface area (Å²) in [6, 6.07) is 0. The number of aromatic nitrogens is 2. The molecule has 0 N–H and O–H groups in total. The molecule has 2 rings (SSSR count). The number of anilines is 1. The summed E-state index contributed by atoms with van der Waals surface area (Å²) in [5.74, 6) is 1.11. The van der Waals surface area contributed by atoms with Crippen LogP contribution in [0.25, 0.3) is 0 Å². The van der Waals surface area contributed by atoms with Crippen LogP contribution in [-0.4, -0.2) is 33.1 Å². The number of carbonyl (C=O) groups excluding carboxylic acids is 2. The molecule has 0 spiro atoms. The van der Waals surface area contributed by atoms with Crippen LogP contribution in [0.15, 0.2) is 12.4 Å². The van der Waals surface area contributed by atoms with Crippen molar-refractivity contribution in [1.82, 2.24) is 9.78 Å². The van der Waals surface area contributed by atoms with Crippen molar-refractivity contribution >= 4 is 28.5 Å². The summed E-state index contributed by atoms with van der Waals surface area (Å²) in [4.78, 5) is 24.6. The van der Waals surface area contributed by atoms with Gasteiger partial charge in [-0.05, 0) is 12.8 Å². The number of aryl methyl sites for hydroxylation is 1. The van der Waals surface area contributed by atoms with Gasteiger partial charge < -0.3 is 4.90 Å². The Morgan fingerprint density at radius 3 is 3.00 bits per heavy atom. The van der Waals surface area contributed by atoms with Crippen molar-refractivity contribution in [2.45, 2.75) is 26.8 Å². The fraction of sp³-hybridized carbons (Fsp3) is 0.583. The van der Waals surface area contributed by atoms with E-state index in [-0.39, 0.29) is 16.9 Å². The van der Waals surface area contributed by atoms with Crippen LogP contribution in [0, 0.1) is 5.92 Å². The molecule has 0 saturated carbocycles. The highest BCUT2D eigenvalue weighted by Crippen LogP contribution is 2.27. The molecule has 0 aromatic carbocycles. The van der Waals surface area contributed by atoms with Crippen LogP contribution in [0.4, 0.5) is 5.69 Å². The number of thioether (sulfide) groups is 1. The van der Waals surface area contributed by atoms with E-state index in [1.165, 1.54) is 11.8 Å². The molecular weight excluding hydrogens is 250 g/mol. The van der Waals surface area contributed by atoms with E-state index in [1.54, 1.807) is 22.7 Å². The lowest BCUT2D eigenvalue weighted by Gasteiger charge is -2.13. The van der Waals surface area contributed by atoms with E-state index in [0.29, 0.717) is 13.0 Å². The van der Waals surface area contributed by atoms with E-state index in [2.05, 4.69) is 5.10 Å². The number of nitrogens with zero attached hydrogens (tertiary/aromatic N) is 3. The highest BCUT2D eigenvalue weighted by atomic mass is 32.2. The second-order valence-corrected chi connectivity index (χ2v) is 5.63. The molecule has 5 nitrogen and oxygen atoms in total. The number of carbonyl (C=O) groups is 2. The van der Waals surface area contributed by atoms with Crippen molar-refractivity contribution in [3.63, 3.8) is 0 Å². The normalized spacial score (nSPS) is 19.6. The molecule has 1 fully saturated rings. The minimum Gasteiger partial charge on any atom is -0.309 e. The highest BCUT2D eigenvalue weighted by Gasteiger charge is 2.31. The lowest BCUT2D eigenvalue weighted by atomic mass is 10.1. The Kier molecular flexibility index (Phi) is 4.06. The first-order valence-electron chi connectivity index (χ1n) is 6.06. The first-order chi connectivity index (χ1) is 8.60. The van der Waals surface area contributed by atoms with Gasteiger partial charge in [0.2, 0.25) is 5.91 Å². The second kappa shape index (κ2) is 5.56. The zero-order valence-corrected chi connectivity index (χ0v) is 11.4. The van der Waals surface area contributed by atoms with Crippen LogP contribution < -0.4 is 4.90 Å². The summed E-state index contributed by atoms with van der Waals surface area (Å²) in [6.07, 6.45) is 4.14. The summed E-state index contributed by atoms with van der Waals surface area (Å²) in [6.45, 7) is 5.06. The van der Waals surface area contributed by atoms with Crippen LogP contribution in [0.1, 0.15) is 20.3 Å². The van der Waals surface area contributed by atoms with Gasteiger partial charge in [-0.2, -0.15) is 5.10 Å². The zero-order valence-electron chi connectivity index (χ0n) is 10.6. The van der Waals surface area contributed by atoms with Crippen LogP contribution in [0.2, 0.25) is 0 Å². The van der Waals surface area contributed by atoms with Crippen LogP contribution in [-0.2, 0) is 16.1 Å². The molecule has 98 valence electrons. The standard InChI is InChI=1S/C12H17N3O2S/c1-3-14-7-11(5-13-14)15-6-10(4-12(15)17)8-18-9(2)16/h5,7,10H,3-4,6,8H2,1-2H3. The molecule has 1 saturated heterocycles. The molecule has 1 atom stereocenters. The van der Waals surface area contributed by atoms with Crippen molar-refractivity contribution < 1.29 is 9.59 Å². The van der Waals surface area contributed by atoms with Crippen molar-refractivity contribution in [1.29, 1.82) is 0 Å². The third kappa shape index (κ3) is 2.93. The maximum absolute atomic E-state index is 11.9. The van der Waals surface area contributed by atoms with E-state index in [0.717, 1.165) is 18.0 Å². The van der Waals surface area contributed by atoms with Gasteiger partial charge in [-0.3, -0.25) is 14.3 Å². The summed E-state index contributed by atoms with van der Waals surface area (Å²) in [5, 5.41) is 4.29. The Balaban J connectivity index is 1.98. The van der Waals surface area contributed by atoms with Crippen LogP contribution in [0.3, 0.4) is 0 Å². The Morgan fingerprint density at radius 2 is 2.39 bits per heavy atom. The number of rotatable bonds is 4.